The van der Waals surface area contributed by atoms with Crippen LogP contribution in [0, 0.1) is 12.7 Å². The van der Waals surface area contributed by atoms with Crippen LogP contribution in [0.4, 0.5) is 10.1 Å². The van der Waals surface area contributed by atoms with Crippen LogP contribution in [-0.4, -0.2) is 50.3 Å². The maximum absolute atomic E-state index is 13.9. The zero-order chi connectivity index (χ0) is 28.7. The molecule has 0 radical (unpaired) electrons. The summed E-state index contributed by atoms with van der Waals surface area (Å²) in [5, 5.41) is 3.06. The minimum atomic E-state index is -4.18. The molecular weight excluding hydrogens is 529 g/mol. The molecule has 2 amide bonds. The standard InChI is InChI=1S/C31H36FN3O4S/c1-23-12-18-29(19-13-23)40(38,39)35(28-16-14-26(32)15-17-28)22-30(36)34(21-20-25-8-4-3-5-9-25)24(2)31(37)33-27-10-6-7-11-27/h3-5,8-9,12-19,24,27H,6-7,10-11,20-22H2,1-2H3,(H,33,37)/t24-/m0/s1. The summed E-state index contributed by atoms with van der Waals surface area (Å²) in [6.07, 6.45) is 4.42. The number of carbonyl (C=O) groups is 2. The van der Waals surface area contributed by atoms with Crippen molar-refractivity contribution in [3.05, 3.63) is 95.8 Å². The first-order chi connectivity index (χ1) is 19.1. The van der Waals surface area contributed by atoms with Crippen molar-refractivity contribution in [2.75, 3.05) is 17.4 Å². The van der Waals surface area contributed by atoms with Gasteiger partial charge in [0.2, 0.25) is 11.8 Å². The summed E-state index contributed by atoms with van der Waals surface area (Å²) in [7, 11) is -4.18. The van der Waals surface area contributed by atoms with E-state index >= 15 is 0 Å². The number of benzene rings is 3. The first kappa shape index (κ1) is 29.3. The van der Waals surface area contributed by atoms with Gasteiger partial charge in [-0.15, -0.1) is 0 Å². The Kier molecular flexibility index (Phi) is 9.58. The average Bonchev–Trinajstić information content (AvgIpc) is 3.46. The van der Waals surface area contributed by atoms with E-state index in [9.17, 15) is 22.4 Å². The van der Waals surface area contributed by atoms with Gasteiger partial charge in [-0.05, 0) is 75.1 Å². The molecule has 1 aliphatic rings. The fraction of sp³-hybridized carbons (Fsp3) is 0.355. The number of halogens is 1. The topological polar surface area (TPSA) is 86.8 Å². The normalized spacial score (nSPS) is 14.5. The summed E-state index contributed by atoms with van der Waals surface area (Å²) in [5.74, 6) is -1.31. The van der Waals surface area contributed by atoms with Crippen molar-refractivity contribution < 1.29 is 22.4 Å². The summed E-state index contributed by atoms with van der Waals surface area (Å²) < 4.78 is 42.3. The van der Waals surface area contributed by atoms with Crippen LogP contribution in [0.15, 0.2) is 83.8 Å². The van der Waals surface area contributed by atoms with Gasteiger partial charge in [-0.1, -0.05) is 60.9 Å². The summed E-state index contributed by atoms with van der Waals surface area (Å²) in [4.78, 5) is 28.6. The molecule has 0 unspecified atom stereocenters. The summed E-state index contributed by atoms with van der Waals surface area (Å²) in [6, 6.07) is 20.2. The van der Waals surface area contributed by atoms with Crippen molar-refractivity contribution in [3.63, 3.8) is 0 Å². The molecular formula is C31H36FN3O4S. The molecule has 0 bridgehead atoms. The van der Waals surface area contributed by atoms with Gasteiger partial charge in [0.15, 0.2) is 0 Å². The zero-order valence-electron chi connectivity index (χ0n) is 22.9. The molecule has 3 aromatic carbocycles. The third-order valence-corrected chi connectivity index (χ3v) is 9.14. The Morgan fingerprint density at radius 2 is 1.57 bits per heavy atom. The highest BCUT2D eigenvalue weighted by Gasteiger charge is 2.33. The van der Waals surface area contributed by atoms with E-state index in [-0.39, 0.29) is 29.1 Å². The Morgan fingerprint density at radius 3 is 2.20 bits per heavy atom. The van der Waals surface area contributed by atoms with Crippen LogP contribution < -0.4 is 9.62 Å². The minimum Gasteiger partial charge on any atom is -0.352 e. The molecule has 0 aromatic heterocycles. The third-order valence-electron chi connectivity index (χ3n) is 7.36. The van der Waals surface area contributed by atoms with Crippen LogP contribution in [0.25, 0.3) is 0 Å². The van der Waals surface area contributed by atoms with E-state index in [0.29, 0.717) is 6.42 Å². The van der Waals surface area contributed by atoms with Crippen LogP contribution >= 0.6 is 0 Å². The number of carbonyl (C=O) groups excluding carboxylic acids is 2. The van der Waals surface area contributed by atoms with Gasteiger partial charge in [0.25, 0.3) is 10.0 Å². The van der Waals surface area contributed by atoms with Crippen LogP contribution in [0.5, 0.6) is 0 Å². The minimum absolute atomic E-state index is 0.0121. The lowest BCUT2D eigenvalue weighted by Crippen LogP contribution is -2.53. The second-order valence-corrected chi connectivity index (χ2v) is 12.2. The van der Waals surface area contributed by atoms with Gasteiger partial charge in [0.1, 0.15) is 18.4 Å². The Balaban J connectivity index is 1.63. The van der Waals surface area contributed by atoms with Crippen molar-refractivity contribution in [2.24, 2.45) is 0 Å². The van der Waals surface area contributed by atoms with E-state index in [1.807, 2.05) is 37.3 Å². The number of aryl methyl sites for hydroxylation is 1. The number of anilines is 1. The number of rotatable bonds is 11. The Labute approximate surface area is 236 Å². The second kappa shape index (κ2) is 13.1. The lowest BCUT2D eigenvalue weighted by Gasteiger charge is -2.32. The van der Waals surface area contributed by atoms with Gasteiger partial charge < -0.3 is 10.2 Å². The van der Waals surface area contributed by atoms with Gasteiger partial charge in [-0.25, -0.2) is 12.8 Å². The lowest BCUT2D eigenvalue weighted by atomic mass is 10.1. The first-order valence-corrected chi connectivity index (χ1v) is 15.1. The SMILES string of the molecule is Cc1ccc(S(=O)(=O)N(CC(=O)N(CCc2ccccc2)[C@@H](C)C(=O)NC2CCCC2)c2ccc(F)cc2)cc1. The van der Waals surface area contributed by atoms with Crippen LogP contribution in [-0.2, 0) is 26.0 Å². The monoisotopic (exact) mass is 565 g/mol. The van der Waals surface area contributed by atoms with Crippen molar-refractivity contribution in [2.45, 2.75) is 62.9 Å². The Morgan fingerprint density at radius 1 is 0.950 bits per heavy atom. The Hall–Kier alpha value is -3.72. The number of nitrogens with zero attached hydrogens (tertiary/aromatic N) is 2. The number of hydrogen-bond acceptors (Lipinski definition) is 4. The van der Waals surface area contributed by atoms with Crippen molar-refractivity contribution >= 4 is 27.5 Å². The average molecular weight is 566 g/mol. The molecule has 1 saturated carbocycles. The smallest absolute Gasteiger partial charge is 0.264 e. The zero-order valence-corrected chi connectivity index (χ0v) is 23.7. The van der Waals surface area contributed by atoms with Gasteiger partial charge in [-0.3, -0.25) is 13.9 Å². The molecule has 1 N–H and O–H groups in total. The van der Waals surface area contributed by atoms with Gasteiger partial charge in [0.05, 0.1) is 10.6 Å². The molecule has 40 heavy (non-hydrogen) atoms. The van der Waals surface area contributed by atoms with Crippen molar-refractivity contribution in [1.29, 1.82) is 0 Å². The molecule has 0 spiro atoms. The number of sulfonamides is 1. The van der Waals surface area contributed by atoms with Gasteiger partial charge >= 0.3 is 0 Å². The summed E-state index contributed by atoms with van der Waals surface area (Å²) in [5.41, 5.74) is 2.03. The molecule has 1 atom stereocenters. The number of amides is 2. The van der Waals surface area contributed by atoms with Crippen LogP contribution in [0.3, 0.4) is 0 Å². The van der Waals surface area contributed by atoms with Crippen LogP contribution in [0.2, 0.25) is 0 Å². The summed E-state index contributed by atoms with van der Waals surface area (Å²) in [6.45, 7) is 3.20. The van der Waals surface area contributed by atoms with E-state index in [4.69, 9.17) is 0 Å². The molecule has 0 aliphatic heterocycles. The Bertz CT molecular complexity index is 1390. The van der Waals surface area contributed by atoms with E-state index in [2.05, 4.69) is 5.32 Å². The van der Waals surface area contributed by atoms with E-state index in [1.165, 1.54) is 29.2 Å². The number of nitrogens with one attached hydrogen (secondary N) is 1. The molecule has 212 valence electrons. The predicted molar refractivity (Wildman–Crippen MR) is 154 cm³/mol. The fourth-order valence-electron chi connectivity index (χ4n) is 4.94. The maximum Gasteiger partial charge on any atom is 0.264 e. The fourth-order valence-corrected chi connectivity index (χ4v) is 6.35. The van der Waals surface area contributed by atoms with E-state index < -0.39 is 34.3 Å². The number of hydrogen-bond donors (Lipinski definition) is 1. The summed E-state index contributed by atoms with van der Waals surface area (Å²) >= 11 is 0. The molecule has 4 rings (SSSR count). The highest BCUT2D eigenvalue weighted by Crippen LogP contribution is 2.25. The molecule has 9 heteroatoms. The highest BCUT2D eigenvalue weighted by molar-refractivity contribution is 7.92. The molecule has 1 fully saturated rings. The van der Waals surface area contributed by atoms with Gasteiger partial charge in [-0.2, -0.15) is 0 Å². The molecule has 3 aromatic rings. The third kappa shape index (κ3) is 7.27. The molecule has 1 aliphatic carbocycles. The highest BCUT2D eigenvalue weighted by atomic mass is 32.2. The van der Waals surface area contributed by atoms with Crippen molar-refractivity contribution in [3.8, 4) is 0 Å². The second-order valence-electron chi connectivity index (χ2n) is 10.3. The van der Waals surface area contributed by atoms with E-state index in [1.54, 1.807) is 19.1 Å². The predicted octanol–water partition coefficient (Wildman–Crippen LogP) is 4.85. The quantitative estimate of drug-likeness (QED) is 0.360. The van der Waals surface area contributed by atoms with Crippen LogP contribution in [0.1, 0.15) is 43.7 Å². The lowest BCUT2D eigenvalue weighted by molar-refractivity contribution is -0.139. The maximum atomic E-state index is 13.9. The van der Waals surface area contributed by atoms with Gasteiger partial charge in [0, 0.05) is 12.6 Å². The van der Waals surface area contributed by atoms with E-state index in [0.717, 1.165) is 53.2 Å². The van der Waals surface area contributed by atoms with Crippen molar-refractivity contribution in [1.82, 2.24) is 10.2 Å². The first-order valence-electron chi connectivity index (χ1n) is 13.6. The molecule has 7 nitrogen and oxygen atoms in total. The largest absolute Gasteiger partial charge is 0.352 e. The molecule has 0 heterocycles. The molecule has 0 saturated heterocycles.